The lowest BCUT2D eigenvalue weighted by atomic mass is 10.1. The minimum Gasteiger partial charge on any atom is -0.348 e. The van der Waals surface area contributed by atoms with Crippen molar-refractivity contribution >= 4 is 17.5 Å². The first-order valence-corrected chi connectivity index (χ1v) is 8.80. The van der Waals surface area contributed by atoms with Crippen molar-refractivity contribution in [2.45, 2.75) is 13.5 Å². The minimum atomic E-state index is -0.321. The summed E-state index contributed by atoms with van der Waals surface area (Å²) in [5.41, 5.74) is 4.07. The molecule has 3 aromatic rings. The van der Waals surface area contributed by atoms with E-state index in [1.165, 1.54) is 0 Å². The van der Waals surface area contributed by atoms with Gasteiger partial charge in [0.15, 0.2) is 0 Å². The Kier molecular flexibility index (Phi) is 5.83. The van der Waals surface area contributed by atoms with E-state index < -0.39 is 0 Å². The van der Waals surface area contributed by atoms with Crippen LogP contribution in [0.2, 0.25) is 0 Å². The fraction of sp³-hybridized carbons (Fsp3) is 0.0870. The van der Waals surface area contributed by atoms with Gasteiger partial charge in [-0.3, -0.25) is 9.59 Å². The molecule has 0 spiro atoms. The fourth-order valence-electron chi connectivity index (χ4n) is 2.62. The SMILES string of the molecule is Cc1ccc(CNC(=O)c2cccc(C(=O)Nc3ccc(C#N)cc3)c2)cc1. The van der Waals surface area contributed by atoms with Crippen molar-refractivity contribution < 1.29 is 9.59 Å². The van der Waals surface area contributed by atoms with Crippen molar-refractivity contribution in [3.05, 3.63) is 101 Å². The van der Waals surface area contributed by atoms with E-state index in [2.05, 4.69) is 10.6 Å². The molecule has 0 radical (unpaired) electrons. The molecule has 2 amide bonds. The van der Waals surface area contributed by atoms with Crippen molar-refractivity contribution in [2.24, 2.45) is 0 Å². The Morgan fingerprint density at radius 1 is 0.893 bits per heavy atom. The summed E-state index contributed by atoms with van der Waals surface area (Å²) in [6.45, 7) is 2.43. The molecule has 28 heavy (non-hydrogen) atoms. The Balaban J connectivity index is 1.65. The van der Waals surface area contributed by atoms with Crippen LogP contribution in [0.5, 0.6) is 0 Å². The van der Waals surface area contributed by atoms with E-state index in [0.717, 1.165) is 11.1 Å². The molecule has 0 heterocycles. The van der Waals surface area contributed by atoms with Crippen molar-refractivity contribution in [3.8, 4) is 6.07 Å². The number of carbonyl (C=O) groups is 2. The number of aryl methyl sites for hydroxylation is 1. The van der Waals surface area contributed by atoms with E-state index in [0.29, 0.717) is 28.9 Å². The van der Waals surface area contributed by atoms with E-state index in [1.807, 2.05) is 37.3 Å². The van der Waals surface area contributed by atoms with Gasteiger partial charge in [-0.25, -0.2) is 0 Å². The van der Waals surface area contributed by atoms with Crippen LogP contribution >= 0.6 is 0 Å². The molecule has 0 saturated carbocycles. The summed E-state index contributed by atoms with van der Waals surface area (Å²) in [5, 5.41) is 14.4. The van der Waals surface area contributed by atoms with Crippen LogP contribution in [0.3, 0.4) is 0 Å². The molecule has 3 rings (SSSR count). The third kappa shape index (κ3) is 4.83. The fourth-order valence-corrected chi connectivity index (χ4v) is 2.62. The Bertz CT molecular complexity index is 1030. The topological polar surface area (TPSA) is 82.0 Å². The molecule has 0 aromatic heterocycles. The average molecular weight is 369 g/mol. The Morgan fingerprint density at radius 3 is 2.18 bits per heavy atom. The van der Waals surface area contributed by atoms with Gasteiger partial charge in [0.2, 0.25) is 0 Å². The summed E-state index contributed by atoms with van der Waals surface area (Å²) in [6.07, 6.45) is 0. The molecular weight excluding hydrogens is 350 g/mol. The number of nitrogens with one attached hydrogen (secondary N) is 2. The summed E-state index contributed by atoms with van der Waals surface area (Å²) in [5.74, 6) is -0.563. The van der Waals surface area contributed by atoms with Crippen LogP contribution in [0.1, 0.15) is 37.4 Å². The maximum Gasteiger partial charge on any atom is 0.255 e. The number of hydrogen-bond acceptors (Lipinski definition) is 3. The molecule has 5 heteroatoms. The highest BCUT2D eigenvalue weighted by Gasteiger charge is 2.11. The maximum atomic E-state index is 12.4. The van der Waals surface area contributed by atoms with Crippen LogP contribution in [0.25, 0.3) is 0 Å². The second kappa shape index (κ2) is 8.65. The van der Waals surface area contributed by atoms with Crippen LogP contribution < -0.4 is 10.6 Å². The predicted octanol–water partition coefficient (Wildman–Crippen LogP) is 4.05. The van der Waals surface area contributed by atoms with Crippen LogP contribution in [0.4, 0.5) is 5.69 Å². The predicted molar refractivity (Wildman–Crippen MR) is 108 cm³/mol. The lowest BCUT2D eigenvalue weighted by Crippen LogP contribution is -2.23. The summed E-state index contributed by atoms with van der Waals surface area (Å²) in [7, 11) is 0. The van der Waals surface area contributed by atoms with Crippen LogP contribution in [0, 0.1) is 18.3 Å². The Morgan fingerprint density at radius 2 is 1.54 bits per heavy atom. The molecule has 138 valence electrons. The molecule has 3 aromatic carbocycles. The summed E-state index contributed by atoms with van der Waals surface area (Å²) < 4.78 is 0. The maximum absolute atomic E-state index is 12.4. The molecule has 2 N–H and O–H groups in total. The number of nitrogens with zero attached hydrogens (tertiary/aromatic N) is 1. The average Bonchev–Trinajstić information content (AvgIpc) is 2.73. The zero-order chi connectivity index (χ0) is 19.9. The van der Waals surface area contributed by atoms with Gasteiger partial charge in [0, 0.05) is 23.4 Å². The van der Waals surface area contributed by atoms with Gasteiger partial charge >= 0.3 is 0 Å². The molecule has 5 nitrogen and oxygen atoms in total. The van der Waals surface area contributed by atoms with E-state index in [9.17, 15) is 9.59 Å². The van der Waals surface area contributed by atoms with Crippen LogP contribution in [-0.4, -0.2) is 11.8 Å². The molecule has 0 aliphatic carbocycles. The van der Waals surface area contributed by atoms with Gasteiger partial charge in [-0.2, -0.15) is 5.26 Å². The normalized spacial score (nSPS) is 10.0. The molecular formula is C23H19N3O2. The van der Waals surface area contributed by atoms with Gasteiger partial charge in [0.1, 0.15) is 0 Å². The minimum absolute atomic E-state index is 0.242. The summed E-state index contributed by atoms with van der Waals surface area (Å²) in [6, 6.07) is 23.1. The second-order valence-corrected chi connectivity index (χ2v) is 6.39. The first-order chi connectivity index (χ1) is 13.5. The van der Waals surface area contributed by atoms with Crippen LogP contribution in [-0.2, 0) is 6.54 Å². The van der Waals surface area contributed by atoms with Crippen molar-refractivity contribution in [2.75, 3.05) is 5.32 Å². The number of benzene rings is 3. The van der Waals surface area contributed by atoms with E-state index in [1.54, 1.807) is 48.5 Å². The number of hydrogen-bond donors (Lipinski definition) is 2. The third-order valence-electron chi connectivity index (χ3n) is 4.23. The highest BCUT2D eigenvalue weighted by atomic mass is 16.2. The molecule has 0 aliphatic rings. The zero-order valence-electron chi connectivity index (χ0n) is 15.4. The number of amides is 2. The highest BCUT2D eigenvalue weighted by Crippen LogP contribution is 2.12. The largest absolute Gasteiger partial charge is 0.348 e. The first kappa shape index (κ1) is 18.9. The number of carbonyl (C=O) groups excluding carboxylic acids is 2. The molecule has 0 fully saturated rings. The smallest absolute Gasteiger partial charge is 0.255 e. The molecule has 0 atom stereocenters. The summed E-state index contributed by atoms with van der Waals surface area (Å²) >= 11 is 0. The van der Waals surface area contributed by atoms with Crippen molar-refractivity contribution in [3.63, 3.8) is 0 Å². The lowest BCUT2D eigenvalue weighted by Gasteiger charge is -2.08. The Hall–Kier alpha value is -3.91. The molecule has 0 unspecified atom stereocenters. The van der Waals surface area contributed by atoms with E-state index in [-0.39, 0.29) is 11.8 Å². The monoisotopic (exact) mass is 369 g/mol. The van der Waals surface area contributed by atoms with Gasteiger partial charge in [-0.1, -0.05) is 35.9 Å². The molecule has 0 saturated heterocycles. The van der Waals surface area contributed by atoms with Gasteiger partial charge in [-0.05, 0) is 55.0 Å². The second-order valence-electron chi connectivity index (χ2n) is 6.39. The number of rotatable bonds is 5. The first-order valence-electron chi connectivity index (χ1n) is 8.80. The number of nitriles is 1. The highest BCUT2D eigenvalue weighted by molar-refractivity contribution is 6.06. The molecule has 0 aliphatic heterocycles. The van der Waals surface area contributed by atoms with Crippen molar-refractivity contribution in [1.82, 2.24) is 5.32 Å². The van der Waals surface area contributed by atoms with Crippen LogP contribution in [0.15, 0.2) is 72.8 Å². The summed E-state index contributed by atoms with van der Waals surface area (Å²) in [4.78, 5) is 24.9. The standard InChI is InChI=1S/C23H19N3O2/c1-16-5-7-18(8-6-16)15-25-22(27)19-3-2-4-20(13-19)23(28)26-21-11-9-17(14-24)10-12-21/h2-13H,15H2,1H3,(H,25,27)(H,26,28). The van der Waals surface area contributed by atoms with Crippen molar-refractivity contribution in [1.29, 1.82) is 5.26 Å². The van der Waals surface area contributed by atoms with Gasteiger partial charge in [0.25, 0.3) is 11.8 Å². The van der Waals surface area contributed by atoms with Gasteiger partial charge < -0.3 is 10.6 Å². The van der Waals surface area contributed by atoms with Gasteiger partial charge in [0.05, 0.1) is 11.6 Å². The quantitative estimate of drug-likeness (QED) is 0.712. The molecule has 0 bridgehead atoms. The van der Waals surface area contributed by atoms with E-state index in [4.69, 9.17) is 5.26 Å². The van der Waals surface area contributed by atoms with Gasteiger partial charge in [-0.15, -0.1) is 0 Å². The lowest BCUT2D eigenvalue weighted by molar-refractivity contribution is 0.0951. The zero-order valence-corrected chi connectivity index (χ0v) is 15.4. The number of anilines is 1. The Labute approximate surface area is 163 Å². The van der Waals surface area contributed by atoms with E-state index >= 15 is 0 Å². The third-order valence-corrected chi connectivity index (χ3v) is 4.23.